The summed E-state index contributed by atoms with van der Waals surface area (Å²) >= 11 is 5.64. The average molecular weight is 645 g/mol. The molecule has 0 unspecified atom stereocenters. The number of nitrogens with zero attached hydrogens (tertiary/aromatic N) is 3. The summed E-state index contributed by atoms with van der Waals surface area (Å²) in [5, 5.41) is 4.46. The van der Waals surface area contributed by atoms with Crippen molar-refractivity contribution in [3.63, 3.8) is 0 Å². The van der Waals surface area contributed by atoms with Crippen molar-refractivity contribution < 1.29 is 27.2 Å². The molecule has 0 aliphatic carbocycles. The van der Waals surface area contributed by atoms with E-state index in [4.69, 9.17) is 45.1 Å². The Labute approximate surface area is 261 Å². The van der Waals surface area contributed by atoms with Crippen LogP contribution in [0.2, 0.25) is 22.2 Å². The second-order valence-corrected chi connectivity index (χ2v) is 21.8. The van der Waals surface area contributed by atoms with Gasteiger partial charge in [-0.1, -0.05) is 73.6 Å². The first-order chi connectivity index (χ1) is 20.4. The second kappa shape index (κ2) is 12.5. The van der Waals surface area contributed by atoms with Gasteiger partial charge in [-0.2, -0.15) is 5.10 Å². The third-order valence-corrected chi connectivity index (χ3v) is 19.0. The Morgan fingerprint density at radius 3 is 2.23 bits per heavy atom. The lowest BCUT2D eigenvalue weighted by atomic mass is 10.1. The number of aromatic nitrogens is 3. The third kappa shape index (κ3) is 5.88. The van der Waals surface area contributed by atoms with Crippen LogP contribution in [0.5, 0.6) is 5.75 Å². The predicted octanol–water partition coefficient (Wildman–Crippen LogP) is 6.46. The zero-order chi connectivity index (χ0) is 31.1. The molecule has 10 nitrogen and oxygen atoms in total. The Balaban J connectivity index is 1.60. The molecule has 3 aromatic rings. The first-order valence-electron chi connectivity index (χ1n) is 15.1. The molecule has 0 bridgehead atoms. The third-order valence-electron chi connectivity index (χ3n) is 8.62. The number of fused-ring (bicyclic) bond motifs is 2. The van der Waals surface area contributed by atoms with Crippen molar-refractivity contribution in [3.05, 3.63) is 54.5 Å². The monoisotopic (exact) mass is 644 g/mol. The molecular weight excluding hydrogens is 601 g/mol. The lowest BCUT2D eigenvalue weighted by Gasteiger charge is -2.51. The molecule has 0 saturated carbocycles. The van der Waals surface area contributed by atoms with Gasteiger partial charge in [-0.05, 0) is 46.4 Å². The normalized spacial score (nSPS) is 25.2. The van der Waals surface area contributed by atoms with Gasteiger partial charge in [-0.25, -0.2) is 9.50 Å². The van der Waals surface area contributed by atoms with Crippen LogP contribution < -0.4 is 10.5 Å². The van der Waals surface area contributed by atoms with E-state index in [0.717, 1.165) is 5.69 Å². The molecule has 1 aromatic carbocycles. The van der Waals surface area contributed by atoms with E-state index in [0.29, 0.717) is 23.7 Å². The Kier molecular flexibility index (Phi) is 9.34. The van der Waals surface area contributed by atoms with Gasteiger partial charge in [-0.3, -0.25) is 0 Å². The van der Waals surface area contributed by atoms with Crippen LogP contribution >= 0.6 is 12.2 Å². The summed E-state index contributed by atoms with van der Waals surface area (Å²) in [5.74, 6) is 0.950. The van der Waals surface area contributed by atoms with E-state index in [1.807, 2.05) is 42.5 Å². The van der Waals surface area contributed by atoms with Crippen LogP contribution in [0.1, 0.15) is 67.2 Å². The molecule has 4 heterocycles. The van der Waals surface area contributed by atoms with E-state index in [-0.39, 0.29) is 27.4 Å². The molecule has 4 atom stereocenters. The SMILES string of the molecule is CC(C)[Si]1(C(C)C)OC[C@H]2O[C@@H](c3ccc4c(N)ncnn34)[C@H](OC(=S)Oc3ccccc3)[C@@H]2O[Si](C(C)C)(C(C)C)O1. The fourth-order valence-electron chi connectivity index (χ4n) is 6.42. The molecule has 43 heavy (non-hydrogen) atoms. The summed E-state index contributed by atoms with van der Waals surface area (Å²) in [4.78, 5) is 4.15. The van der Waals surface area contributed by atoms with E-state index < -0.39 is 41.5 Å². The van der Waals surface area contributed by atoms with Crippen molar-refractivity contribution in [1.82, 2.24) is 14.6 Å². The number of hydrogen-bond acceptors (Lipinski definition) is 10. The maximum absolute atomic E-state index is 7.40. The highest BCUT2D eigenvalue weighted by atomic mass is 32.1. The molecule has 2 fully saturated rings. The number of benzene rings is 1. The van der Waals surface area contributed by atoms with Crippen LogP contribution in [0.25, 0.3) is 5.52 Å². The van der Waals surface area contributed by atoms with Gasteiger partial charge < -0.3 is 32.9 Å². The number of nitrogen functional groups attached to an aromatic ring is 1. The summed E-state index contributed by atoms with van der Waals surface area (Å²) in [6.45, 7) is 17.9. The van der Waals surface area contributed by atoms with Gasteiger partial charge in [0.1, 0.15) is 35.9 Å². The number of hydrogen-bond donors (Lipinski definition) is 1. The zero-order valence-corrected chi connectivity index (χ0v) is 29.0. The van der Waals surface area contributed by atoms with Crippen LogP contribution in [-0.4, -0.2) is 61.9 Å². The van der Waals surface area contributed by atoms with Crippen molar-refractivity contribution in [2.45, 2.75) is 102 Å². The molecule has 2 saturated heterocycles. The first kappa shape index (κ1) is 32.0. The van der Waals surface area contributed by atoms with Gasteiger partial charge in [0.05, 0.1) is 12.3 Å². The molecule has 2 aliphatic rings. The molecule has 2 aromatic heterocycles. The van der Waals surface area contributed by atoms with Crippen molar-refractivity contribution in [2.75, 3.05) is 12.3 Å². The Bertz CT molecular complexity index is 1410. The van der Waals surface area contributed by atoms with Gasteiger partial charge in [-0.15, -0.1) is 0 Å². The topological polar surface area (TPSA) is 112 Å². The highest BCUT2D eigenvalue weighted by molar-refractivity contribution is 7.79. The Hall–Kier alpha value is -2.40. The van der Waals surface area contributed by atoms with Gasteiger partial charge in [0.25, 0.3) is 0 Å². The van der Waals surface area contributed by atoms with E-state index in [1.165, 1.54) is 6.33 Å². The number of anilines is 1. The minimum atomic E-state index is -2.97. The fourth-order valence-corrected chi connectivity index (χ4v) is 17.8. The lowest BCUT2D eigenvalue weighted by Crippen LogP contribution is -2.66. The van der Waals surface area contributed by atoms with E-state index in [9.17, 15) is 0 Å². The summed E-state index contributed by atoms with van der Waals surface area (Å²) in [5.41, 5.74) is 8.28. The quantitative estimate of drug-likeness (QED) is 0.227. The molecule has 234 valence electrons. The van der Waals surface area contributed by atoms with Crippen LogP contribution in [0.4, 0.5) is 5.82 Å². The number of nitrogens with two attached hydrogens (primary N) is 1. The van der Waals surface area contributed by atoms with Crippen LogP contribution in [0, 0.1) is 0 Å². The van der Waals surface area contributed by atoms with Crippen molar-refractivity contribution in [3.8, 4) is 5.75 Å². The van der Waals surface area contributed by atoms with Crippen LogP contribution in [0.3, 0.4) is 0 Å². The highest BCUT2D eigenvalue weighted by Crippen LogP contribution is 2.49. The first-order valence-corrected chi connectivity index (χ1v) is 19.4. The lowest BCUT2D eigenvalue weighted by molar-refractivity contribution is -0.0399. The summed E-state index contributed by atoms with van der Waals surface area (Å²) < 4.78 is 42.7. The fraction of sp³-hybridized carbons (Fsp3) is 0.567. The Morgan fingerprint density at radius 2 is 1.60 bits per heavy atom. The van der Waals surface area contributed by atoms with E-state index in [2.05, 4.69) is 65.5 Å². The number of ether oxygens (including phenoxy) is 3. The predicted molar refractivity (Wildman–Crippen MR) is 173 cm³/mol. The van der Waals surface area contributed by atoms with Crippen LogP contribution in [0.15, 0.2) is 48.8 Å². The summed E-state index contributed by atoms with van der Waals surface area (Å²) in [6.07, 6.45) is -0.867. The highest BCUT2D eigenvalue weighted by Gasteiger charge is 2.62. The standard InChI is InChI=1S/C30H44N4O6SSi2/c1-18(2)42(19(3)4)35-16-25-27(39-43(40-42,20(5)6)21(7)8)28(38-30(41)36-22-12-10-9-11-13-22)26(37-25)23-14-15-24-29(31)32-17-33-34(23)24/h9-15,17-21,25-28H,16H2,1-8H3,(H2,31,32,33)/t25-,26+,27-,28+/m1/s1. The molecule has 0 radical (unpaired) electrons. The molecule has 0 spiro atoms. The number of para-hydroxylation sites is 1. The number of rotatable bonds is 7. The molecule has 0 amide bonds. The molecule has 2 N–H and O–H groups in total. The zero-order valence-electron chi connectivity index (χ0n) is 26.2. The minimum Gasteiger partial charge on any atom is -0.447 e. The summed E-state index contributed by atoms with van der Waals surface area (Å²) in [7, 11) is -5.73. The van der Waals surface area contributed by atoms with Crippen molar-refractivity contribution in [2.24, 2.45) is 0 Å². The smallest absolute Gasteiger partial charge is 0.358 e. The minimum absolute atomic E-state index is 0.0256. The summed E-state index contributed by atoms with van der Waals surface area (Å²) in [6, 6.07) is 13.1. The average Bonchev–Trinajstić information content (AvgIpc) is 3.50. The van der Waals surface area contributed by atoms with Gasteiger partial charge in [0.15, 0.2) is 11.9 Å². The van der Waals surface area contributed by atoms with Gasteiger partial charge >= 0.3 is 22.4 Å². The maximum atomic E-state index is 7.40. The second-order valence-electron chi connectivity index (χ2n) is 12.6. The molecular formula is C30H44N4O6SSi2. The van der Waals surface area contributed by atoms with Crippen molar-refractivity contribution in [1.29, 1.82) is 0 Å². The van der Waals surface area contributed by atoms with E-state index >= 15 is 0 Å². The molecule has 13 heteroatoms. The maximum Gasteiger partial charge on any atom is 0.358 e. The van der Waals surface area contributed by atoms with Crippen LogP contribution in [-0.2, 0) is 22.4 Å². The van der Waals surface area contributed by atoms with Gasteiger partial charge in [0, 0.05) is 12.2 Å². The largest absolute Gasteiger partial charge is 0.447 e. The van der Waals surface area contributed by atoms with Gasteiger partial charge in [0.2, 0.25) is 0 Å². The van der Waals surface area contributed by atoms with E-state index in [1.54, 1.807) is 4.52 Å². The van der Waals surface area contributed by atoms with Crippen molar-refractivity contribution >= 4 is 45.9 Å². The number of thiocarbonyl (C=S) groups is 1. The molecule has 5 rings (SSSR count). The molecule has 2 aliphatic heterocycles. The Morgan fingerprint density at radius 1 is 0.953 bits per heavy atom.